The first kappa shape index (κ1) is 21.9. The van der Waals surface area contributed by atoms with E-state index < -0.39 is 0 Å². The van der Waals surface area contributed by atoms with Crippen LogP contribution in [0.5, 0.6) is 5.75 Å². The number of benzene rings is 2. The number of ether oxygens (including phenoxy) is 1. The van der Waals surface area contributed by atoms with Crippen LogP contribution in [0.4, 0.5) is 0 Å². The Bertz CT molecular complexity index is 841. The van der Waals surface area contributed by atoms with E-state index in [-0.39, 0.29) is 0 Å². The molecule has 0 radical (unpaired) electrons. The number of hydrogen-bond donors (Lipinski definition) is 1. The second kappa shape index (κ2) is 12.0. The monoisotopic (exact) mass is 456 g/mol. The van der Waals surface area contributed by atoms with Gasteiger partial charge in [0.2, 0.25) is 0 Å². The molecule has 3 nitrogen and oxygen atoms in total. The fourth-order valence-electron chi connectivity index (χ4n) is 3.67. The molecule has 156 valence electrons. The SMILES string of the molecule is CCCCCCCCCCCCOc1ccc(Br)cc1-c1nc2ccccc2[nH]1. The van der Waals surface area contributed by atoms with Gasteiger partial charge in [0.1, 0.15) is 11.6 Å². The fraction of sp³-hybridized carbons (Fsp3) is 0.480. The number of imidazole rings is 1. The summed E-state index contributed by atoms with van der Waals surface area (Å²) in [4.78, 5) is 8.14. The standard InChI is InChI=1S/C25H33BrN2O/c1-2-3-4-5-6-7-8-9-10-13-18-29-24-17-16-20(26)19-21(24)25-27-22-14-11-12-15-23(22)28-25/h11-12,14-17,19H,2-10,13,18H2,1H3,(H,27,28). The quantitative estimate of drug-likeness (QED) is 0.262. The largest absolute Gasteiger partial charge is 0.493 e. The summed E-state index contributed by atoms with van der Waals surface area (Å²) in [6.45, 7) is 3.03. The van der Waals surface area contributed by atoms with Crippen molar-refractivity contribution in [3.8, 4) is 17.1 Å². The van der Waals surface area contributed by atoms with E-state index in [2.05, 4.69) is 33.9 Å². The first-order valence-corrected chi connectivity index (χ1v) is 11.9. The normalized spacial score (nSPS) is 11.2. The second-order valence-corrected chi connectivity index (χ2v) is 8.69. The average Bonchev–Trinajstić information content (AvgIpc) is 3.17. The van der Waals surface area contributed by atoms with E-state index in [1.54, 1.807) is 0 Å². The van der Waals surface area contributed by atoms with Gasteiger partial charge in [-0.25, -0.2) is 4.98 Å². The van der Waals surface area contributed by atoms with E-state index in [9.17, 15) is 0 Å². The van der Waals surface area contributed by atoms with Crippen molar-refractivity contribution in [3.05, 3.63) is 46.9 Å². The summed E-state index contributed by atoms with van der Waals surface area (Å²) in [5, 5.41) is 0. The molecule has 1 aromatic heterocycles. The van der Waals surface area contributed by atoms with Crippen molar-refractivity contribution in [1.82, 2.24) is 9.97 Å². The molecule has 0 unspecified atom stereocenters. The predicted octanol–water partition coefficient (Wildman–Crippen LogP) is 8.29. The van der Waals surface area contributed by atoms with Crippen LogP contribution in [0, 0.1) is 0 Å². The molecule has 0 amide bonds. The maximum atomic E-state index is 6.13. The van der Waals surface area contributed by atoms with Crippen LogP contribution in [-0.2, 0) is 0 Å². The van der Waals surface area contributed by atoms with Crippen molar-refractivity contribution >= 4 is 27.0 Å². The van der Waals surface area contributed by atoms with Gasteiger partial charge in [0, 0.05) is 4.47 Å². The number of H-pyrrole nitrogens is 1. The Hall–Kier alpha value is -1.81. The zero-order valence-corrected chi connectivity index (χ0v) is 19.1. The minimum atomic E-state index is 0.755. The van der Waals surface area contributed by atoms with Crippen molar-refractivity contribution in [3.63, 3.8) is 0 Å². The van der Waals surface area contributed by atoms with Gasteiger partial charge in [-0.15, -0.1) is 0 Å². The van der Waals surface area contributed by atoms with Gasteiger partial charge < -0.3 is 9.72 Å². The van der Waals surface area contributed by atoms with Crippen molar-refractivity contribution in [2.45, 2.75) is 71.1 Å². The van der Waals surface area contributed by atoms with Crippen molar-refractivity contribution < 1.29 is 4.74 Å². The average molecular weight is 457 g/mol. The highest BCUT2D eigenvalue weighted by atomic mass is 79.9. The van der Waals surface area contributed by atoms with Crippen molar-refractivity contribution in [2.75, 3.05) is 6.61 Å². The van der Waals surface area contributed by atoms with Crippen LogP contribution in [0.3, 0.4) is 0 Å². The Labute approximate surface area is 183 Å². The summed E-state index contributed by atoms with van der Waals surface area (Å²) in [6.07, 6.45) is 13.3. The molecule has 3 aromatic rings. The molecule has 0 aliphatic heterocycles. The number of nitrogens with zero attached hydrogens (tertiary/aromatic N) is 1. The minimum absolute atomic E-state index is 0.755. The Morgan fingerprint density at radius 1 is 0.862 bits per heavy atom. The number of hydrogen-bond acceptors (Lipinski definition) is 2. The Morgan fingerprint density at radius 3 is 2.28 bits per heavy atom. The third-order valence-corrected chi connectivity index (χ3v) is 5.83. The van der Waals surface area contributed by atoms with Gasteiger partial charge in [-0.1, -0.05) is 92.8 Å². The molecule has 29 heavy (non-hydrogen) atoms. The highest BCUT2D eigenvalue weighted by molar-refractivity contribution is 9.10. The lowest BCUT2D eigenvalue weighted by atomic mass is 10.1. The molecule has 0 saturated carbocycles. The molecule has 0 spiro atoms. The number of fused-ring (bicyclic) bond motifs is 1. The lowest BCUT2D eigenvalue weighted by molar-refractivity contribution is 0.305. The third kappa shape index (κ3) is 6.88. The van der Waals surface area contributed by atoms with Gasteiger partial charge in [-0.3, -0.25) is 0 Å². The summed E-state index contributed by atoms with van der Waals surface area (Å²) in [5.41, 5.74) is 3.02. The molecular formula is C25H33BrN2O. The molecule has 0 atom stereocenters. The van der Waals surface area contributed by atoms with Crippen LogP contribution in [-0.4, -0.2) is 16.6 Å². The Balaban J connectivity index is 1.44. The molecule has 0 saturated heterocycles. The molecule has 3 rings (SSSR count). The number of rotatable bonds is 13. The Kier molecular flexibility index (Phi) is 9.07. The van der Waals surface area contributed by atoms with Gasteiger partial charge in [-0.05, 0) is 36.8 Å². The van der Waals surface area contributed by atoms with E-state index in [4.69, 9.17) is 9.72 Å². The summed E-state index contributed by atoms with van der Waals surface area (Å²) < 4.78 is 7.16. The Morgan fingerprint density at radius 2 is 1.55 bits per heavy atom. The zero-order chi connectivity index (χ0) is 20.3. The summed E-state index contributed by atoms with van der Waals surface area (Å²) >= 11 is 3.58. The summed E-state index contributed by atoms with van der Waals surface area (Å²) in [5.74, 6) is 1.74. The molecule has 0 bridgehead atoms. The highest BCUT2D eigenvalue weighted by Crippen LogP contribution is 2.32. The second-order valence-electron chi connectivity index (χ2n) is 7.77. The van der Waals surface area contributed by atoms with E-state index >= 15 is 0 Å². The summed E-state index contributed by atoms with van der Waals surface area (Å²) in [7, 11) is 0. The van der Waals surface area contributed by atoms with Gasteiger partial charge >= 0.3 is 0 Å². The lowest BCUT2D eigenvalue weighted by Crippen LogP contribution is -1.99. The van der Waals surface area contributed by atoms with Gasteiger partial charge in [0.05, 0.1) is 23.2 Å². The van der Waals surface area contributed by atoms with E-state index in [0.29, 0.717) is 0 Å². The number of unbranched alkanes of at least 4 members (excludes halogenated alkanes) is 9. The van der Waals surface area contributed by atoms with Gasteiger partial charge in [0.25, 0.3) is 0 Å². The molecule has 4 heteroatoms. The van der Waals surface area contributed by atoms with Crippen LogP contribution in [0.25, 0.3) is 22.4 Å². The lowest BCUT2D eigenvalue weighted by Gasteiger charge is -2.11. The molecule has 0 fully saturated rings. The zero-order valence-electron chi connectivity index (χ0n) is 17.6. The topological polar surface area (TPSA) is 37.9 Å². The molecular weight excluding hydrogens is 424 g/mol. The highest BCUT2D eigenvalue weighted by Gasteiger charge is 2.12. The molecule has 0 aliphatic carbocycles. The van der Waals surface area contributed by atoms with Crippen LogP contribution in [0.2, 0.25) is 0 Å². The molecule has 0 aliphatic rings. The fourth-order valence-corrected chi connectivity index (χ4v) is 4.03. The molecule has 2 aromatic carbocycles. The predicted molar refractivity (Wildman–Crippen MR) is 127 cm³/mol. The minimum Gasteiger partial charge on any atom is -0.493 e. The molecule has 1 N–H and O–H groups in total. The number of para-hydroxylation sites is 2. The van der Waals surface area contributed by atoms with Gasteiger partial charge in [-0.2, -0.15) is 0 Å². The molecule has 1 heterocycles. The van der Waals surface area contributed by atoms with Crippen LogP contribution >= 0.6 is 15.9 Å². The first-order chi connectivity index (χ1) is 14.3. The van der Waals surface area contributed by atoms with E-state index in [0.717, 1.165) is 45.7 Å². The van der Waals surface area contributed by atoms with Crippen molar-refractivity contribution in [2.24, 2.45) is 0 Å². The number of aromatic nitrogens is 2. The number of aromatic amines is 1. The van der Waals surface area contributed by atoms with Crippen LogP contribution in [0.1, 0.15) is 71.1 Å². The number of halogens is 1. The van der Waals surface area contributed by atoms with Gasteiger partial charge in [0.15, 0.2) is 0 Å². The summed E-state index contributed by atoms with van der Waals surface area (Å²) in [6, 6.07) is 14.2. The maximum Gasteiger partial charge on any atom is 0.142 e. The first-order valence-electron chi connectivity index (χ1n) is 11.2. The maximum absolute atomic E-state index is 6.13. The van der Waals surface area contributed by atoms with E-state index in [1.807, 2.05) is 36.4 Å². The van der Waals surface area contributed by atoms with E-state index in [1.165, 1.54) is 57.8 Å². The smallest absolute Gasteiger partial charge is 0.142 e. The van der Waals surface area contributed by atoms with Crippen LogP contribution < -0.4 is 4.74 Å². The van der Waals surface area contributed by atoms with Crippen LogP contribution in [0.15, 0.2) is 46.9 Å². The third-order valence-electron chi connectivity index (χ3n) is 5.34. The van der Waals surface area contributed by atoms with Crippen molar-refractivity contribution in [1.29, 1.82) is 0 Å². The number of nitrogens with one attached hydrogen (secondary N) is 1.